The molecule has 18 heavy (non-hydrogen) atoms. The molecule has 0 unspecified atom stereocenters. The number of nitrogens with zero attached hydrogens (tertiary/aromatic N) is 1. The van der Waals surface area contributed by atoms with E-state index in [4.69, 9.17) is 0 Å². The van der Waals surface area contributed by atoms with Crippen molar-refractivity contribution >= 4 is 0 Å². The van der Waals surface area contributed by atoms with Gasteiger partial charge in [0.15, 0.2) is 0 Å². The molecule has 0 aliphatic heterocycles. The quantitative estimate of drug-likeness (QED) is 0.684. The Morgan fingerprint density at radius 3 is 2.28 bits per heavy atom. The summed E-state index contributed by atoms with van der Waals surface area (Å²) in [4.78, 5) is 2.62. The molecule has 0 saturated heterocycles. The van der Waals surface area contributed by atoms with Gasteiger partial charge in [0.05, 0.1) is 0 Å². The third-order valence-corrected chi connectivity index (χ3v) is 5.43. The minimum Gasteiger partial charge on any atom is -0.303 e. The fraction of sp³-hybridized carbons (Fsp3) is 1.00. The Balaban J connectivity index is 1.72. The zero-order valence-electron chi connectivity index (χ0n) is 13.0. The second kappa shape index (κ2) is 5.94. The Kier molecular flexibility index (Phi) is 4.75. The van der Waals surface area contributed by atoms with E-state index >= 15 is 0 Å². The largest absolute Gasteiger partial charge is 0.303 e. The van der Waals surface area contributed by atoms with Gasteiger partial charge in [0.25, 0.3) is 0 Å². The highest BCUT2D eigenvalue weighted by Crippen LogP contribution is 2.56. The highest BCUT2D eigenvalue weighted by molar-refractivity contribution is 4.97. The number of hydrogen-bond donors (Lipinski definition) is 0. The van der Waals surface area contributed by atoms with Crippen LogP contribution in [0.25, 0.3) is 0 Å². The van der Waals surface area contributed by atoms with E-state index in [9.17, 15) is 0 Å². The Hall–Kier alpha value is -0.0400. The van der Waals surface area contributed by atoms with Crippen LogP contribution in [0.15, 0.2) is 0 Å². The van der Waals surface area contributed by atoms with Crippen LogP contribution in [0.4, 0.5) is 0 Å². The summed E-state index contributed by atoms with van der Waals surface area (Å²) in [5, 5.41) is 0. The maximum absolute atomic E-state index is 2.62. The first-order valence-corrected chi connectivity index (χ1v) is 8.25. The maximum Gasteiger partial charge on any atom is 0.00927 e. The molecular formula is C17H33N. The molecule has 0 aromatic rings. The molecule has 0 N–H and O–H groups in total. The summed E-state index contributed by atoms with van der Waals surface area (Å²) in [6, 6.07) is 0.878. The van der Waals surface area contributed by atoms with E-state index in [1.165, 1.54) is 45.1 Å². The van der Waals surface area contributed by atoms with Crippen molar-refractivity contribution in [3.63, 3.8) is 0 Å². The lowest BCUT2D eigenvalue weighted by molar-refractivity contribution is -0.0133. The molecule has 106 valence electrons. The summed E-state index contributed by atoms with van der Waals surface area (Å²) in [7, 11) is 2.34. The van der Waals surface area contributed by atoms with Crippen LogP contribution < -0.4 is 0 Å². The van der Waals surface area contributed by atoms with E-state index in [0.29, 0.717) is 0 Å². The number of rotatable bonds is 5. The van der Waals surface area contributed by atoms with E-state index in [1.54, 1.807) is 12.8 Å². The zero-order chi connectivity index (χ0) is 13.2. The molecule has 0 amide bonds. The fourth-order valence-corrected chi connectivity index (χ4v) is 4.57. The van der Waals surface area contributed by atoms with Crippen molar-refractivity contribution in [3.8, 4) is 0 Å². The van der Waals surface area contributed by atoms with Gasteiger partial charge in [-0.1, -0.05) is 33.6 Å². The van der Waals surface area contributed by atoms with E-state index in [0.717, 1.165) is 23.3 Å². The molecule has 2 aliphatic rings. The van der Waals surface area contributed by atoms with Gasteiger partial charge in [-0.15, -0.1) is 0 Å². The highest BCUT2D eigenvalue weighted by Gasteiger charge is 2.45. The first kappa shape index (κ1) is 14.4. The fourth-order valence-electron chi connectivity index (χ4n) is 4.57. The summed E-state index contributed by atoms with van der Waals surface area (Å²) in [6.45, 7) is 8.28. The standard InChI is InChI=1S/C17H33N/c1-5-6-15-11-17(12-15)9-7-16(8-10-17)18(4)13-14(2)3/h14-16H,5-13H2,1-4H3/t15-,16-,17?. The third kappa shape index (κ3) is 3.29. The van der Waals surface area contributed by atoms with Crippen LogP contribution in [0.5, 0.6) is 0 Å². The van der Waals surface area contributed by atoms with Crippen LogP contribution in [-0.4, -0.2) is 24.5 Å². The molecule has 0 aromatic heterocycles. The molecule has 2 saturated carbocycles. The van der Waals surface area contributed by atoms with Gasteiger partial charge in [-0.05, 0) is 62.8 Å². The molecular weight excluding hydrogens is 218 g/mol. The minimum absolute atomic E-state index is 0.801. The van der Waals surface area contributed by atoms with Crippen LogP contribution in [0.2, 0.25) is 0 Å². The maximum atomic E-state index is 2.62. The molecule has 2 fully saturated rings. The summed E-state index contributed by atoms with van der Waals surface area (Å²) in [5.74, 6) is 1.89. The van der Waals surface area contributed by atoms with Crippen LogP contribution in [0.1, 0.15) is 72.1 Å². The molecule has 0 heterocycles. The van der Waals surface area contributed by atoms with Gasteiger partial charge < -0.3 is 4.90 Å². The molecule has 1 nitrogen and oxygen atoms in total. The Morgan fingerprint density at radius 1 is 1.17 bits per heavy atom. The van der Waals surface area contributed by atoms with Crippen molar-refractivity contribution in [1.82, 2.24) is 4.90 Å². The minimum atomic E-state index is 0.801. The van der Waals surface area contributed by atoms with Crippen molar-refractivity contribution in [2.24, 2.45) is 17.3 Å². The Labute approximate surface area is 114 Å². The predicted octanol–water partition coefficient (Wildman–Crippen LogP) is 4.71. The second-order valence-corrected chi connectivity index (χ2v) is 7.63. The average Bonchev–Trinajstić information content (AvgIpc) is 2.27. The smallest absolute Gasteiger partial charge is 0.00927 e. The summed E-state index contributed by atoms with van der Waals surface area (Å²) in [6.07, 6.45) is 11.9. The zero-order valence-corrected chi connectivity index (χ0v) is 13.0. The van der Waals surface area contributed by atoms with Crippen molar-refractivity contribution in [2.75, 3.05) is 13.6 Å². The van der Waals surface area contributed by atoms with Gasteiger partial charge in [0.2, 0.25) is 0 Å². The monoisotopic (exact) mass is 251 g/mol. The third-order valence-electron chi connectivity index (χ3n) is 5.43. The van der Waals surface area contributed by atoms with Gasteiger partial charge in [0, 0.05) is 12.6 Å². The molecule has 1 heteroatoms. The predicted molar refractivity (Wildman–Crippen MR) is 79.8 cm³/mol. The van der Waals surface area contributed by atoms with Gasteiger partial charge in [-0.3, -0.25) is 0 Å². The van der Waals surface area contributed by atoms with Crippen molar-refractivity contribution < 1.29 is 0 Å². The molecule has 0 aromatic carbocycles. The molecule has 0 radical (unpaired) electrons. The highest BCUT2D eigenvalue weighted by atomic mass is 15.1. The lowest BCUT2D eigenvalue weighted by atomic mass is 9.54. The van der Waals surface area contributed by atoms with Crippen LogP contribution in [0, 0.1) is 17.3 Å². The summed E-state index contributed by atoms with van der Waals surface area (Å²) < 4.78 is 0. The Morgan fingerprint density at radius 2 is 1.78 bits per heavy atom. The molecule has 0 bridgehead atoms. The van der Waals surface area contributed by atoms with Gasteiger partial charge in [0.1, 0.15) is 0 Å². The molecule has 0 atom stereocenters. The Bertz CT molecular complexity index is 242. The van der Waals surface area contributed by atoms with Crippen molar-refractivity contribution in [3.05, 3.63) is 0 Å². The van der Waals surface area contributed by atoms with Crippen molar-refractivity contribution in [2.45, 2.75) is 78.2 Å². The topological polar surface area (TPSA) is 3.24 Å². The molecule has 1 spiro atoms. The summed E-state index contributed by atoms with van der Waals surface area (Å²) >= 11 is 0. The van der Waals surface area contributed by atoms with Crippen LogP contribution >= 0.6 is 0 Å². The van der Waals surface area contributed by atoms with Crippen LogP contribution in [-0.2, 0) is 0 Å². The van der Waals surface area contributed by atoms with Crippen molar-refractivity contribution in [1.29, 1.82) is 0 Å². The first-order chi connectivity index (χ1) is 8.54. The van der Waals surface area contributed by atoms with E-state index in [2.05, 4.69) is 32.7 Å². The van der Waals surface area contributed by atoms with Gasteiger partial charge in [-0.25, -0.2) is 0 Å². The van der Waals surface area contributed by atoms with E-state index in [-0.39, 0.29) is 0 Å². The molecule has 2 rings (SSSR count). The summed E-state index contributed by atoms with van der Waals surface area (Å²) in [5.41, 5.74) is 0.801. The van der Waals surface area contributed by atoms with Gasteiger partial charge >= 0.3 is 0 Å². The van der Waals surface area contributed by atoms with E-state index in [1.807, 2.05) is 0 Å². The first-order valence-electron chi connectivity index (χ1n) is 8.25. The van der Waals surface area contributed by atoms with Crippen LogP contribution in [0.3, 0.4) is 0 Å². The lowest BCUT2D eigenvalue weighted by Gasteiger charge is -2.53. The average molecular weight is 251 g/mol. The normalized spacial score (nSPS) is 36.3. The van der Waals surface area contributed by atoms with E-state index < -0.39 is 0 Å². The SMILES string of the molecule is CCC[C@H]1CC2(CC[C@H](N(C)CC(C)C)CC2)C1. The van der Waals surface area contributed by atoms with Gasteiger partial charge in [-0.2, -0.15) is 0 Å². The lowest BCUT2D eigenvalue weighted by Crippen LogP contribution is -2.45. The second-order valence-electron chi connectivity index (χ2n) is 7.63. The molecule has 2 aliphatic carbocycles. The number of hydrogen-bond acceptors (Lipinski definition) is 1.